The second-order valence-electron chi connectivity index (χ2n) is 8.56. The molecule has 6 nitrogen and oxygen atoms in total. The van der Waals surface area contributed by atoms with Gasteiger partial charge >= 0.3 is 7.82 Å². The molecule has 4 unspecified atom stereocenters. The molecule has 31 heavy (non-hydrogen) atoms. The molecule has 0 spiro atoms. The standard InChI is InChI=1S/C24H29N2O4P/c27-31(29-16-23-18-11-12-19(13-18)24(23)17-30-31)28-15-22(26-21-9-5-2-6-10-21)14-25-20-7-3-1-4-8-20/h1-12,18-19,22-26H,13-17H2/t18-,19?,22?,23?,24-,31?/m0/s1. The van der Waals surface area contributed by atoms with Crippen LogP contribution < -0.4 is 10.6 Å². The largest absolute Gasteiger partial charge is 0.474 e. The summed E-state index contributed by atoms with van der Waals surface area (Å²) in [6, 6.07) is 19.8. The van der Waals surface area contributed by atoms with Gasteiger partial charge in [-0.2, -0.15) is 0 Å². The van der Waals surface area contributed by atoms with Crippen molar-refractivity contribution in [3.8, 4) is 0 Å². The predicted octanol–water partition coefficient (Wildman–Crippen LogP) is 5.19. The Balaban J connectivity index is 1.21. The summed E-state index contributed by atoms with van der Waals surface area (Å²) in [4.78, 5) is 0. The molecule has 2 aliphatic carbocycles. The molecule has 6 atom stereocenters. The Hall–Kier alpha value is -2.11. The molecule has 164 valence electrons. The number of allylic oxidation sites excluding steroid dienone is 2. The van der Waals surface area contributed by atoms with E-state index in [0.717, 1.165) is 11.4 Å². The number of hydrogen-bond donors (Lipinski definition) is 2. The van der Waals surface area contributed by atoms with Crippen LogP contribution in [0.4, 0.5) is 11.4 Å². The van der Waals surface area contributed by atoms with E-state index < -0.39 is 7.82 Å². The van der Waals surface area contributed by atoms with Crippen LogP contribution in [0.1, 0.15) is 6.42 Å². The van der Waals surface area contributed by atoms with Gasteiger partial charge in [0.25, 0.3) is 0 Å². The van der Waals surface area contributed by atoms with Crippen LogP contribution in [0.2, 0.25) is 0 Å². The number of nitrogens with one attached hydrogen (secondary N) is 2. The van der Waals surface area contributed by atoms with Crippen molar-refractivity contribution >= 4 is 19.2 Å². The number of phosphoric acid groups is 1. The maximum atomic E-state index is 13.2. The van der Waals surface area contributed by atoms with Gasteiger partial charge in [0.2, 0.25) is 0 Å². The topological polar surface area (TPSA) is 68.8 Å². The Bertz CT molecular complexity index is 913. The molecule has 1 saturated heterocycles. The fourth-order valence-electron chi connectivity index (χ4n) is 4.89. The van der Waals surface area contributed by atoms with Gasteiger partial charge < -0.3 is 10.6 Å². The third kappa shape index (κ3) is 4.88. The normalized spacial score (nSPS) is 32.3. The Labute approximate surface area is 183 Å². The lowest BCUT2D eigenvalue weighted by Gasteiger charge is -2.23. The van der Waals surface area contributed by atoms with E-state index in [0.29, 0.717) is 43.4 Å². The molecule has 0 aromatic heterocycles. The Kier molecular flexibility index (Phi) is 6.15. The van der Waals surface area contributed by atoms with E-state index >= 15 is 0 Å². The van der Waals surface area contributed by atoms with Gasteiger partial charge in [-0.3, -0.25) is 13.6 Å². The monoisotopic (exact) mass is 440 g/mol. The smallest absolute Gasteiger partial charge is 0.383 e. The van der Waals surface area contributed by atoms with Gasteiger partial charge in [-0.05, 0) is 54.4 Å². The van der Waals surface area contributed by atoms with E-state index in [-0.39, 0.29) is 12.6 Å². The number of rotatable bonds is 8. The number of hydrogen-bond acceptors (Lipinski definition) is 6. The van der Waals surface area contributed by atoms with Crippen LogP contribution in [0.5, 0.6) is 0 Å². The van der Waals surface area contributed by atoms with Crippen LogP contribution in [-0.2, 0) is 18.1 Å². The molecule has 7 heteroatoms. The van der Waals surface area contributed by atoms with Crippen LogP contribution in [0.15, 0.2) is 72.8 Å². The summed E-state index contributed by atoms with van der Waals surface area (Å²) >= 11 is 0. The molecular weight excluding hydrogens is 411 g/mol. The minimum atomic E-state index is -3.59. The minimum absolute atomic E-state index is 0.124. The summed E-state index contributed by atoms with van der Waals surface area (Å²) in [7, 11) is -3.59. The molecule has 5 rings (SSSR count). The van der Waals surface area contributed by atoms with Gasteiger partial charge in [-0.25, -0.2) is 4.57 Å². The van der Waals surface area contributed by atoms with Crippen molar-refractivity contribution in [2.75, 3.05) is 37.0 Å². The summed E-state index contributed by atoms with van der Waals surface area (Å²) in [6.07, 6.45) is 5.73. The van der Waals surface area contributed by atoms with E-state index in [1.54, 1.807) is 0 Å². The fourth-order valence-corrected chi connectivity index (χ4v) is 6.18. The molecule has 2 fully saturated rings. The van der Waals surface area contributed by atoms with Crippen LogP contribution >= 0.6 is 7.82 Å². The van der Waals surface area contributed by atoms with Gasteiger partial charge in [0.05, 0.1) is 25.9 Å². The Morgan fingerprint density at radius 3 is 2.10 bits per heavy atom. The van der Waals surface area contributed by atoms with Crippen molar-refractivity contribution in [1.82, 2.24) is 0 Å². The zero-order chi connectivity index (χ0) is 21.1. The zero-order valence-electron chi connectivity index (χ0n) is 17.4. The summed E-state index contributed by atoms with van der Waals surface area (Å²) in [5, 5.41) is 6.86. The molecule has 0 radical (unpaired) electrons. The first-order chi connectivity index (χ1) is 15.2. The molecule has 1 heterocycles. The highest BCUT2D eigenvalue weighted by atomic mass is 31.2. The summed E-state index contributed by atoms with van der Waals surface area (Å²) < 4.78 is 30.5. The van der Waals surface area contributed by atoms with E-state index in [4.69, 9.17) is 13.6 Å². The van der Waals surface area contributed by atoms with E-state index in [9.17, 15) is 4.57 Å². The summed E-state index contributed by atoms with van der Waals surface area (Å²) in [5.74, 6) is 1.81. The molecule has 2 aromatic carbocycles. The predicted molar refractivity (Wildman–Crippen MR) is 122 cm³/mol. The Morgan fingerprint density at radius 1 is 0.903 bits per heavy atom. The van der Waals surface area contributed by atoms with Crippen molar-refractivity contribution in [2.45, 2.75) is 12.5 Å². The van der Waals surface area contributed by atoms with Crippen molar-refractivity contribution in [3.63, 3.8) is 0 Å². The summed E-state index contributed by atoms with van der Waals surface area (Å²) in [5.41, 5.74) is 2.00. The lowest BCUT2D eigenvalue weighted by atomic mass is 9.84. The highest BCUT2D eigenvalue weighted by Gasteiger charge is 2.48. The molecule has 2 bridgehead atoms. The maximum Gasteiger partial charge on any atom is 0.474 e. The second-order valence-corrected chi connectivity index (χ2v) is 10.2. The molecule has 1 aliphatic heterocycles. The average molecular weight is 440 g/mol. The second kappa shape index (κ2) is 9.17. The average Bonchev–Trinajstić information content (AvgIpc) is 3.36. The van der Waals surface area contributed by atoms with Crippen molar-refractivity contribution in [1.29, 1.82) is 0 Å². The molecule has 0 amide bonds. The lowest BCUT2D eigenvalue weighted by molar-refractivity contribution is 0.120. The van der Waals surface area contributed by atoms with Gasteiger partial charge in [0.15, 0.2) is 0 Å². The van der Waals surface area contributed by atoms with Crippen LogP contribution in [0.25, 0.3) is 0 Å². The first-order valence-electron chi connectivity index (χ1n) is 11.0. The number of anilines is 2. The molecule has 1 saturated carbocycles. The Morgan fingerprint density at radius 2 is 1.48 bits per heavy atom. The van der Waals surface area contributed by atoms with Crippen LogP contribution in [0.3, 0.4) is 0 Å². The molecule has 2 N–H and O–H groups in total. The first-order valence-corrected chi connectivity index (χ1v) is 12.5. The van der Waals surface area contributed by atoms with Crippen LogP contribution in [-0.4, -0.2) is 32.4 Å². The van der Waals surface area contributed by atoms with Gasteiger partial charge in [0.1, 0.15) is 0 Å². The minimum Gasteiger partial charge on any atom is -0.383 e. The molecular formula is C24H29N2O4P. The highest BCUT2D eigenvalue weighted by Crippen LogP contribution is 2.58. The van der Waals surface area contributed by atoms with Gasteiger partial charge in [-0.1, -0.05) is 48.6 Å². The quantitative estimate of drug-likeness (QED) is 0.435. The summed E-state index contributed by atoms with van der Waals surface area (Å²) in [6.45, 7) is 1.67. The zero-order valence-corrected chi connectivity index (χ0v) is 18.3. The van der Waals surface area contributed by atoms with E-state index in [1.807, 2.05) is 60.7 Å². The third-order valence-corrected chi connectivity index (χ3v) is 7.95. The first kappa shape index (κ1) is 20.8. The third-order valence-electron chi connectivity index (χ3n) is 6.55. The van der Waals surface area contributed by atoms with Crippen LogP contribution in [0, 0.1) is 23.7 Å². The number of phosphoric ester groups is 1. The van der Waals surface area contributed by atoms with Crippen molar-refractivity contribution in [2.24, 2.45) is 23.7 Å². The van der Waals surface area contributed by atoms with E-state index in [1.165, 1.54) is 6.42 Å². The fraction of sp³-hybridized carbons (Fsp3) is 0.417. The highest BCUT2D eigenvalue weighted by molar-refractivity contribution is 7.48. The van der Waals surface area contributed by atoms with Gasteiger partial charge in [0, 0.05) is 17.9 Å². The number of para-hydroxylation sites is 2. The number of fused-ring (bicyclic) bond motifs is 5. The van der Waals surface area contributed by atoms with Crippen molar-refractivity contribution < 1.29 is 18.1 Å². The SMILES string of the molecule is O=P1(OCC(CNc2ccccc2)Nc2ccccc2)OCC2[C@@H](CO1)C1C=C[C@H]2C1. The van der Waals surface area contributed by atoms with E-state index in [2.05, 4.69) is 22.8 Å². The maximum absolute atomic E-state index is 13.2. The van der Waals surface area contributed by atoms with Crippen molar-refractivity contribution in [3.05, 3.63) is 72.8 Å². The molecule has 2 aromatic rings. The number of benzene rings is 2. The molecule has 3 aliphatic rings. The lowest BCUT2D eigenvalue weighted by Crippen LogP contribution is -2.32. The van der Waals surface area contributed by atoms with Gasteiger partial charge in [-0.15, -0.1) is 0 Å².